The van der Waals surface area contributed by atoms with Gasteiger partial charge in [0, 0.05) is 31.5 Å². The Balaban J connectivity index is 2.87. The topological polar surface area (TPSA) is 97.6 Å². The van der Waals surface area contributed by atoms with Crippen molar-refractivity contribution in [2.75, 3.05) is 25.6 Å². The SMILES string of the molecule is CN(CCS(C)(=O)=O)C(=O)c1ccc([N+](=O)[O-])c(Cl)c1. The number of hydrogen-bond acceptors (Lipinski definition) is 5. The van der Waals surface area contributed by atoms with Crippen LogP contribution < -0.4 is 0 Å². The third-order valence-electron chi connectivity index (χ3n) is 2.54. The summed E-state index contributed by atoms with van der Waals surface area (Å²) in [6.07, 6.45) is 1.08. The van der Waals surface area contributed by atoms with Crippen molar-refractivity contribution in [2.24, 2.45) is 0 Å². The van der Waals surface area contributed by atoms with E-state index in [2.05, 4.69) is 0 Å². The van der Waals surface area contributed by atoms with Gasteiger partial charge in [-0.25, -0.2) is 8.42 Å². The lowest BCUT2D eigenvalue weighted by molar-refractivity contribution is -0.384. The maximum absolute atomic E-state index is 12.0. The van der Waals surface area contributed by atoms with Crippen molar-refractivity contribution in [1.82, 2.24) is 4.90 Å². The van der Waals surface area contributed by atoms with E-state index in [1.165, 1.54) is 24.1 Å². The van der Waals surface area contributed by atoms with Crippen LogP contribution in [0, 0.1) is 10.1 Å². The third-order valence-corrected chi connectivity index (χ3v) is 3.76. The van der Waals surface area contributed by atoms with E-state index >= 15 is 0 Å². The maximum Gasteiger partial charge on any atom is 0.287 e. The summed E-state index contributed by atoms with van der Waals surface area (Å²) in [6, 6.07) is 3.61. The molecule has 0 aliphatic carbocycles. The van der Waals surface area contributed by atoms with Crippen molar-refractivity contribution >= 4 is 33.0 Å². The van der Waals surface area contributed by atoms with Crippen molar-refractivity contribution in [3.8, 4) is 0 Å². The Morgan fingerprint density at radius 2 is 2.05 bits per heavy atom. The number of nitro benzene ring substituents is 1. The van der Waals surface area contributed by atoms with E-state index in [0.717, 1.165) is 12.3 Å². The van der Waals surface area contributed by atoms with E-state index in [1.807, 2.05) is 0 Å². The van der Waals surface area contributed by atoms with Gasteiger partial charge < -0.3 is 4.90 Å². The Labute approximate surface area is 121 Å². The van der Waals surface area contributed by atoms with Crippen LogP contribution in [0.15, 0.2) is 18.2 Å². The van der Waals surface area contributed by atoms with Gasteiger partial charge in [0.15, 0.2) is 0 Å². The minimum Gasteiger partial charge on any atom is -0.341 e. The summed E-state index contributed by atoms with van der Waals surface area (Å²) in [5.41, 5.74) is -0.126. The van der Waals surface area contributed by atoms with Crippen LogP contribution >= 0.6 is 11.6 Å². The van der Waals surface area contributed by atoms with E-state index in [-0.39, 0.29) is 28.6 Å². The van der Waals surface area contributed by atoms with Gasteiger partial charge >= 0.3 is 0 Å². The second-order valence-corrected chi connectivity index (χ2v) is 6.95. The van der Waals surface area contributed by atoms with E-state index < -0.39 is 20.7 Å². The van der Waals surface area contributed by atoms with Crippen molar-refractivity contribution in [3.05, 3.63) is 38.9 Å². The molecule has 0 radical (unpaired) electrons. The van der Waals surface area contributed by atoms with Gasteiger partial charge in [-0.3, -0.25) is 14.9 Å². The Kier molecular flexibility index (Phi) is 5.07. The number of halogens is 1. The standard InChI is InChI=1S/C11H13ClN2O5S/c1-13(5-6-20(2,18)19)11(15)8-3-4-10(14(16)17)9(12)7-8/h3-4,7H,5-6H2,1-2H3. The highest BCUT2D eigenvalue weighted by atomic mass is 35.5. The van der Waals surface area contributed by atoms with Crippen LogP contribution in [0.1, 0.15) is 10.4 Å². The van der Waals surface area contributed by atoms with Gasteiger partial charge in [0.05, 0.1) is 10.7 Å². The van der Waals surface area contributed by atoms with Gasteiger partial charge in [-0.2, -0.15) is 0 Å². The van der Waals surface area contributed by atoms with Crippen LogP contribution in [0.5, 0.6) is 0 Å². The second-order valence-electron chi connectivity index (χ2n) is 4.28. The molecular weight excluding hydrogens is 308 g/mol. The summed E-state index contributed by atoms with van der Waals surface area (Å²) in [6.45, 7) is 0.0340. The molecule has 9 heteroatoms. The zero-order valence-electron chi connectivity index (χ0n) is 10.9. The quantitative estimate of drug-likeness (QED) is 0.602. The summed E-state index contributed by atoms with van der Waals surface area (Å²) >= 11 is 5.71. The van der Waals surface area contributed by atoms with Gasteiger partial charge in [-0.15, -0.1) is 0 Å². The molecular formula is C11H13ClN2O5S. The highest BCUT2D eigenvalue weighted by molar-refractivity contribution is 7.90. The monoisotopic (exact) mass is 320 g/mol. The summed E-state index contributed by atoms with van der Waals surface area (Å²) < 4.78 is 22.1. The number of sulfone groups is 1. The molecule has 0 saturated heterocycles. The number of rotatable bonds is 5. The van der Waals surface area contributed by atoms with E-state index in [1.54, 1.807) is 0 Å². The fourth-order valence-electron chi connectivity index (χ4n) is 1.41. The van der Waals surface area contributed by atoms with Crippen LogP contribution in [0.3, 0.4) is 0 Å². The fraction of sp³-hybridized carbons (Fsp3) is 0.364. The summed E-state index contributed by atoms with van der Waals surface area (Å²) in [7, 11) is -1.72. The van der Waals surface area contributed by atoms with Crippen LogP contribution in [0.25, 0.3) is 0 Å². The largest absolute Gasteiger partial charge is 0.341 e. The molecule has 0 spiro atoms. The van der Waals surface area contributed by atoms with Crippen LogP contribution in [0.2, 0.25) is 5.02 Å². The van der Waals surface area contributed by atoms with Crippen LogP contribution in [0.4, 0.5) is 5.69 Å². The molecule has 0 aliphatic rings. The normalized spacial score (nSPS) is 11.2. The molecule has 0 fully saturated rings. The number of carbonyl (C=O) groups excluding carboxylic acids is 1. The average Bonchev–Trinajstić information content (AvgIpc) is 2.33. The van der Waals surface area contributed by atoms with Crippen LogP contribution in [-0.4, -0.2) is 49.7 Å². The Hall–Kier alpha value is -1.67. The highest BCUT2D eigenvalue weighted by Crippen LogP contribution is 2.25. The summed E-state index contributed by atoms with van der Waals surface area (Å²) in [4.78, 5) is 23.2. The first-order chi connectivity index (χ1) is 9.11. The molecule has 20 heavy (non-hydrogen) atoms. The number of hydrogen-bond donors (Lipinski definition) is 0. The lowest BCUT2D eigenvalue weighted by Crippen LogP contribution is -2.31. The van der Waals surface area contributed by atoms with Crippen LogP contribution in [-0.2, 0) is 9.84 Å². The molecule has 1 amide bonds. The Bertz CT molecular complexity index is 644. The maximum atomic E-state index is 12.0. The number of benzene rings is 1. The van der Waals surface area contributed by atoms with Gasteiger partial charge in [0.2, 0.25) is 0 Å². The fourth-order valence-corrected chi connectivity index (χ4v) is 2.27. The number of nitro groups is 1. The Morgan fingerprint density at radius 3 is 2.50 bits per heavy atom. The molecule has 1 aromatic carbocycles. The zero-order valence-corrected chi connectivity index (χ0v) is 12.4. The molecule has 0 aliphatic heterocycles. The molecule has 7 nitrogen and oxygen atoms in total. The van der Waals surface area contributed by atoms with Gasteiger partial charge in [0.1, 0.15) is 14.9 Å². The first kappa shape index (κ1) is 16.4. The molecule has 0 N–H and O–H groups in total. The number of amides is 1. The Morgan fingerprint density at radius 1 is 1.45 bits per heavy atom. The van der Waals surface area contributed by atoms with Crippen molar-refractivity contribution in [1.29, 1.82) is 0 Å². The second kappa shape index (κ2) is 6.19. The van der Waals surface area contributed by atoms with Crippen molar-refractivity contribution in [2.45, 2.75) is 0 Å². The van der Waals surface area contributed by atoms with Gasteiger partial charge in [0.25, 0.3) is 11.6 Å². The molecule has 1 rings (SSSR count). The predicted molar refractivity (Wildman–Crippen MR) is 74.8 cm³/mol. The smallest absolute Gasteiger partial charge is 0.287 e. The molecule has 0 heterocycles. The molecule has 0 saturated carbocycles. The lowest BCUT2D eigenvalue weighted by atomic mass is 10.2. The number of nitrogens with zero attached hydrogens (tertiary/aromatic N) is 2. The predicted octanol–water partition coefficient (Wildman–Crippen LogP) is 1.36. The first-order valence-corrected chi connectivity index (χ1v) is 7.93. The molecule has 0 bridgehead atoms. The van der Waals surface area contributed by atoms with Crippen molar-refractivity contribution < 1.29 is 18.1 Å². The minimum absolute atomic E-state index is 0.0340. The highest BCUT2D eigenvalue weighted by Gasteiger charge is 2.18. The first-order valence-electron chi connectivity index (χ1n) is 5.49. The molecule has 1 aromatic rings. The van der Waals surface area contributed by atoms with E-state index in [4.69, 9.17) is 11.6 Å². The third kappa shape index (κ3) is 4.46. The van der Waals surface area contributed by atoms with Gasteiger partial charge in [-0.1, -0.05) is 11.6 Å². The van der Waals surface area contributed by atoms with E-state index in [0.29, 0.717) is 0 Å². The summed E-state index contributed by atoms with van der Waals surface area (Å²) in [5.74, 6) is -0.610. The minimum atomic E-state index is -3.17. The number of carbonyl (C=O) groups is 1. The molecule has 110 valence electrons. The summed E-state index contributed by atoms with van der Waals surface area (Å²) in [5, 5.41) is 10.5. The molecule has 0 aromatic heterocycles. The average molecular weight is 321 g/mol. The molecule has 0 atom stereocenters. The van der Waals surface area contributed by atoms with Crippen molar-refractivity contribution in [3.63, 3.8) is 0 Å². The van der Waals surface area contributed by atoms with E-state index in [9.17, 15) is 23.3 Å². The molecule has 0 unspecified atom stereocenters. The van der Waals surface area contributed by atoms with Gasteiger partial charge in [-0.05, 0) is 12.1 Å². The zero-order chi connectivity index (χ0) is 15.5. The lowest BCUT2D eigenvalue weighted by Gasteiger charge is -2.16.